The van der Waals surface area contributed by atoms with Crippen LogP contribution in [0.2, 0.25) is 0 Å². The Morgan fingerprint density at radius 1 is 1.43 bits per heavy atom. The van der Waals surface area contributed by atoms with Crippen molar-refractivity contribution in [2.24, 2.45) is 0 Å². The van der Waals surface area contributed by atoms with Crippen molar-refractivity contribution in [3.05, 3.63) is 23.2 Å². The second kappa shape index (κ2) is 3.30. The van der Waals surface area contributed by atoms with Gasteiger partial charge in [0.25, 0.3) is 0 Å². The van der Waals surface area contributed by atoms with Crippen LogP contribution in [0, 0.1) is 12.7 Å². The minimum absolute atomic E-state index is 0.124. The molecule has 0 bridgehead atoms. The fourth-order valence-electron chi connectivity index (χ4n) is 1.02. The average molecular weight is 210 g/mol. The quantitative estimate of drug-likeness (QED) is 0.776. The summed E-state index contributed by atoms with van der Waals surface area (Å²) in [6.45, 7) is 1.55. The summed E-state index contributed by atoms with van der Waals surface area (Å²) in [5.41, 5.74) is 7.30. The Bertz CT molecular complexity index is 431. The zero-order valence-corrected chi connectivity index (χ0v) is 8.18. The smallest absolute Gasteiger partial charge is 0.186 e. The Labute approximate surface area is 83.7 Å². The Kier molecular flexibility index (Phi) is 2.12. The van der Waals surface area contributed by atoms with E-state index in [1.165, 1.54) is 11.3 Å². The SMILES string of the molecule is Cc1nc(-c2cncs2)nc(N)c1F. The minimum atomic E-state index is -0.557. The maximum atomic E-state index is 13.1. The van der Waals surface area contributed by atoms with E-state index in [0.717, 1.165) is 4.88 Å². The number of thiazole rings is 1. The highest BCUT2D eigenvalue weighted by molar-refractivity contribution is 7.13. The molecule has 0 aliphatic carbocycles. The molecule has 2 rings (SSSR count). The topological polar surface area (TPSA) is 64.7 Å². The molecule has 0 saturated heterocycles. The van der Waals surface area contributed by atoms with Crippen molar-refractivity contribution in [1.29, 1.82) is 0 Å². The van der Waals surface area contributed by atoms with Gasteiger partial charge in [-0.3, -0.25) is 4.98 Å². The summed E-state index contributed by atoms with van der Waals surface area (Å²) in [5.74, 6) is -0.261. The fourth-order valence-corrected chi connectivity index (χ4v) is 1.57. The molecule has 0 aliphatic rings. The molecule has 2 aromatic heterocycles. The van der Waals surface area contributed by atoms with Gasteiger partial charge in [0.1, 0.15) is 0 Å². The minimum Gasteiger partial charge on any atom is -0.381 e. The van der Waals surface area contributed by atoms with Gasteiger partial charge in [-0.1, -0.05) is 0 Å². The van der Waals surface area contributed by atoms with Crippen LogP contribution in [0.4, 0.5) is 10.2 Å². The number of nitrogen functional groups attached to an aromatic ring is 1. The zero-order valence-electron chi connectivity index (χ0n) is 7.36. The number of nitrogens with two attached hydrogens (primary N) is 1. The molecule has 0 saturated carbocycles. The van der Waals surface area contributed by atoms with Gasteiger partial charge in [0.15, 0.2) is 17.5 Å². The van der Waals surface area contributed by atoms with Gasteiger partial charge in [-0.25, -0.2) is 14.4 Å². The van der Waals surface area contributed by atoms with Gasteiger partial charge in [0.2, 0.25) is 0 Å². The van der Waals surface area contributed by atoms with E-state index in [1.54, 1.807) is 18.6 Å². The van der Waals surface area contributed by atoms with E-state index in [4.69, 9.17) is 5.73 Å². The number of anilines is 1. The number of aromatic nitrogens is 3. The zero-order chi connectivity index (χ0) is 10.1. The van der Waals surface area contributed by atoms with Crippen LogP contribution in [0.1, 0.15) is 5.69 Å². The number of aryl methyl sites for hydroxylation is 1. The molecule has 0 atom stereocenters. The van der Waals surface area contributed by atoms with Gasteiger partial charge in [-0.05, 0) is 6.92 Å². The molecular weight excluding hydrogens is 203 g/mol. The lowest BCUT2D eigenvalue weighted by atomic mass is 10.4. The molecule has 0 radical (unpaired) electrons. The van der Waals surface area contributed by atoms with Crippen molar-refractivity contribution in [3.8, 4) is 10.7 Å². The lowest BCUT2D eigenvalue weighted by Gasteiger charge is -2.01. The van der Waals surface area contributed by atoms with E-state index in [2.05, 4.69) is 15.0 Å². The van der Waals surface area contributed by atoms with Gasteiger partial charge in [-0.2, -0.15) is 0 Å². The lowest BCUT2D eigenvalue weighted by molar-refractivity contribution is 0.608. The van der Waals surface area contributed by atoms with Crippen LogP contribution in [0.15, 0.2) is 11.7 Å². The number of nitrogens with zero attached hydrogens (tertiary/aromatic N) is 3. The number of hydrogen-bond acceptors (Lipinski definition) is 5. The molecule has 0 spiro atoms. The summed E-state index contributed by atoms with van der Waals surface area (Å²) in [6.07, 6.45) is 1.62. The molecule has 0 amide bonds. The third kappa shape index (κ3) is 1.44. The van der Waals surface area contributed by atoms with Gasteiger partial charge in [0.05, 0.1) is 16.1 Å². The molecule has 4 nitrogen and oxygen atoms in total. The molecule has 0 unspecified atom stereocenters. The first-order valence-electron chi connectivity index (χ1n) is 3.87. The van der Waals surface area contributed by atoms with E-state index in [-0.39, 0.29) is 11.5 Å². The van der Waals surface area contributed by atoms with Crippen LogP contribution >= 0.6 is 11.3 Å². The second-order valence-corrected chi connectivity index (χ2v) is 3.58. The first-order chi connectivity index (χ1) is 6.68. The standard InChI is InChI=1S/C8H7FN4S/c1-4-6(9)7(10)13-8(12-4)5-2-11-3-14-5/h2-3H,1H3,(H2,10,12,13). The highest BCUT2D eigenvalue weighted by Crippen LogP contribution is 2.21. The predicted molar refractivity (Wildman–Crippen MR) is 52.2 cm³/mol. The molecule has 2 aromatic rings. The van der Waals surface area contributed by atoms with Crippen LogP contribution in [0.3, 0.4) is 0 Å². The Balaban J connectivity index is 2.57. The summed E-state index contributed by atoms with van der Waals surface area (Å²) in [4.78, 5) is 12.5. The largest absolute Gasteiger partial charge is 0.381 e. The Morgan fingerprint density at radius 2 is 2.21 bits per heavy atom. The third-order valence-corrected chi connectivity index (χ3v) is 2.46. The van der Waals surface area contributed by atoms with Crippen LogP contribution in [-0.2, 0) is 0 Å². The van der Waals surface area contributed by atoms with E-state index in [0.29, 0.717) is 5.82 Å². The molecule has 72 valence electrons. The van der Waals surface area contributed by atoms with Gasteiger partial charge in [-0.15, -0.1) is 11.3 Å². The maximum absolute atomic E-state index is 13.1. The molecule has 0 aliphatic heterocycles. The van der Waals surface area contributed by atoms with Crippen LogP contribution in [0.25, 0.3) is 10.7 Å². The number of hydrogen-bond donors (Lipinski definition) is 1. The van der Waals surface area contributed by atoms with Crippen molar-refractivity contribution in [3.63, 3.8) is 0 Å². The monoisotopic (exact) mass is 210 g/mol. The van der Waals surface area contributed by atoms with Gasteiger partial charge in [0, 0.05) is 6.20 Å². The summed E-state index contributed by atoms with van der Waals surface area (Å²) in [5, 5.41) is 0. The average Bonchev–Trinajstić information content (AvgIpc) is 2.66. The van der Waals surface area contributed by atoms with Crippen molar-refractivity contribution in [1.82, 2.24) is 15.0 Å². The highest BCUT2D eigenvalue weighted by Gasteiger charge is 2.10. The molecular formula is C8H7FN4S. The van der Waals surface area contributed by atoms with E-state index < -0.39 is 5.82 Å². The molecule has 0 aromatic carbocycles. The van der Waals surface area contributed by atoms with Crippen molar-refractivity contribution < 1.29 is 4.39 Å². The second-order valence-electron chi connectivity index (χ2n) is 2.70. The van der Waals surface area contributed by atoms with Crippen LogP contribution < -0.4 is 5.73 Å². The first kappa shape index (κ1) is 9.01. The first-order valence-corrected chi connectivity index (χ1v) is 4.75. The Morgan fingerprint density at radius 3 is 2.79 bits per heavy atom. The molecule has 2 N–H and O–H groups in total. The van der Waals surface area contributed by atoms with E-state index >= 15 is 0 Å². The normalized spacial score (nSPS) is 10.4. The highest BCUT2D eigenvalue weighted by atomic mass is 32.1. The maximum Gasteiger partial charge on any atom is 0.186 e. The van der Waals surface area contributed by atoms with E-state index in [1.807, 2.05) is 0 Å². The summed E-state index contributed by atoms with van der Waals surface area (Å²) in [6, 6.07) is 0. The number of rotatable bonds is 1. The fraction of sp³-hybridized carbons (Fsp3) is 0.125. The summed E-state index contributed by atoms with van der Waals surface area (Å²) in [7, 11) is 0. The predicted octanol–water partition coefficient (Wildman–Crippen LogP) is 1.63. The molecule has 14 heavy (non-hydrogen) atoms. The van der Waals surface area contributed by atoms with Gasteiger partial charge < -0.3 is 5.73 Å². The summed E-state index contributed by atoms with van der Waals surface area (Å²) < 4.78 is 13.1. The lowest BCUT2D eigenvalue weighted by Crippen LogP contribution is -2.02. The van der Waals surface area contributed by atoms with Crippen molar-refractivity contribution in [2.45, 2.75) is 6.92 Å². The molecule has 6 heteroatoms. The van der Waals surface area contributed by atoms with Gasteiger partial charge >= 0.3 is 0 Å². The molecule has 2 heterocycles. The van der Waals surface area contributed by atoms with Crippen molar-refractivity contribution in [2.75, 3.05) is 5.73 Å². The Hall–Kier alpha value is -1.56. The third-order valence-electron chi connectivity index (χ3n) is 1.70. The van der Waals surface area contributed by atoms with Crippen molar-refractivity contribution >= 4 is 17.2 Å². The molecule has 0 fully saturated rings. The van der Waals surface area contributed by atoms with Crippen LogP contribution in [0.5, 0.6) is 0 Å². The number of halogens is 1. The summed E-state index contributed by atoms with van der Waals surface area (Å²) >= 11 is 1.39. The van der Waals surface area contributed by atoms with E-state index in [9.17, 15) is 4.39 Å². The van der Waals surface area contributed by atoms with Crippen LogP contribution in [-0.4, -0.2) is 15.0 Å².